The SMILES string of the molecule is COc1cccc(C(=O)NCC2CCN(C(C)=O)CC2)c1. The first kappa shape index (κ1) is 15.4. The van der Waals surface area contributed by atoms with Crippen LogP contribution in [0.1, 0.15) is 30.1 Å². The zero-order valence-corrected chi connectivity index (χ0v) is 12.6. The number of likely N-dealkylation sites (tertiary alicyclic amines) is 1. The minimum Gasteiger partial charge on any atom is -0.497 e. The van der Waals surface area contributed by atoms with Crippen LogP contribution in [0.25, 0.3) is 0 Å². The molecule has 0 aromatic heterocycles. The molecular weight excluding hydrogens is 268 g/mol. The summed E-state index contributed by atoms with van der Waals surface area (Å²) in [6.07, 6.45) is 1.88. The third kappa shape index (κ3) is 4.21. The summed E-state index contributed by atoms with van der Waals surface area (Å²) in [7, 11) is 1.58. The molecule has 0 aliphatic carbocycles. The van der Waals surface area contributed by atoms with E-state index in [1.165, 1.54) is 0 Å². The van der Waals surface area contributed by atoms with E-state index in [0.717, 1.165) is 25.9 Å². The lowest BCUT2D eigenvalue weighted by molar-refractivity contribution is -0.130. The van der Waals surface area contributed by atoms with Crippen molar-refractivity contribution in [1.29, 1.82) is 0 Å². The summed E-state index contributed by atoms with van der Waals surface area (Å²) >= 11 is 0. The van der Waals surface area contributed by atoms with Gasteiger partial charge in [0, 0.05) is 32.1 Å². The predicted molar refractivity (Wildman–Crippen MR) is 80.3 cm³/mol. The lowest BCUT2D eigenvalue weighted by atomic mass is 9.96. The van der Waals surface area contributed by atoms with Gasteiger partial charge in [-0.25, -0.2) is 0 Å². The molecule has 1 aromatic rings. The van der Waals surface area contributed by atoms with Crippen LogP contribution in [0.4, 0.5) is 0 Å². The maximum Gasteiger partial charge on any atom is 0.251 e. The average Bonchev–Trinajstić information content (AvgIpc) is 2.53. The highest BCUT2D eigenvalue weighted by Gasteiger charge is 2.21. The molecule has 5 nitrogen and oxygen atoms in total. The number of hydrogen-bond acceptors (Lipinski definition) is 3. The van der Waals surface area contributed by atoms with Crippen LogP contribution in [-0.4, -0.2) is 43.5 Å². The van der Waals surface area contributed by atoms with Crippen LogP contribution >= 0.6 is 0 Å². The van der Waals surface area contributed by atoms with E-state index in [1.54, 1.807) is 32.2 Å². The first-order valence-corrected chi connectivity index (χ1v) is 7.28. The van der Waals surface area contributed by atoms with E-state index in [0.29, 0.717) is 23.8 Å². The monoisotopic (exact) mass is 290 g/mol. The molecular formula is C16H22N2O3. The zero-order chi connectivity index (χ0) is 15.2. The van der Waals surface area contributed by atoms with Crippen LogP contribution in [0.15, 0.2) is 24.3 Å². The van der Waals surface area contributed by atoms with Crippen LogP contribution in [-0.2, 0) is 4.79 Å². The highest BCUT2D eigenvalue weighted by atomic mass is 16.5. The molecule has 1 aliphatic rings. The topological polar surface area (TPSA) is 58.6 Å². The molecule has 0 saturated carbocycles. The predicted octanol–water partition coefficient (Wildman–Crippen LogP) is 1.68. The highest BCUT2D eigenvalue weighted by Crippen LogP contribution is 2.17. The molecule has 1 aliphatic heterocycles. The fourth-order valence-electron chi connectivity index (χ4n) is 2.56. The van der Waals surface area contributed by atoms with Crippen molar-refractivity contribution >= 4 is 11.8 Å². The highest BCUT2D eigenvalue weighted by molar-refractivity contribution is 5.94. The number of methoxy groups -OCH3 is 1. The number of ether oxygens (including phenoxy) is 1. The Bertz CT molecular complexity index is 508. The van der Waals surface area contributed by atoms with Crippen molar-refractivity contribution in [3.05, 3.63) is 29.8 Å². The van der Waals surface area contributed by atoms with Gasteiger partial charge in [0.15, 0.2) is 0 Å². The summed E-state index contributed by atoms with van der Waals surface area (Å²) in [4.78, 5) is 25.2. The summed E-state index contributed by atoms with van der Waals surface area (Å²) in [6, 6.07) is 7.12. The van der Waals surface area contributed by atoms with Gasteiger partial charge in [-0.3, -0.25) is 9.59 Å². The molecule has 0 bridgehead atoms. The summed E-state index contributed by atoms with van der Waals surface area (Å²) in [5.41, 5.74) is 0.607. The van der Waals surface area contributed by atoms with Crippen molar-refractivity contribution in [2.75, 3.05) is 26.7 Å². The number of rotatable bonds is 4. The van der Waals surface area contributed by atoms with Gasteiger partial charge < -0.3 is 15.0 Å². The van der Waals surface area contributed by atoms with Gasteiger partial charge in [0.05, 0.1) is 7.11 Å². The number of carbonyl (C=O) groups excluding carboxylic acids is 2. The number of benzene rings is 1. The van der Waals surface area contributed by atoms with Gasteiger partial charge in [-0.15, -0.1) is 0 Å². The normalized spacial score (nSPS) is 15.6. The van der Waals surface area contributed by atoms with Gasteiger partial charge in [-0.2, -0.15) is 0 Å². The Hall–Kier alpha value is -2.04. The second-order valence-corrected chi connectivity index (χ2v) is 5.39. The molecule has 1 aromatic carbocycles. The Balaban J connectivity index is 1.80. The van der Waals surface area contributed by atoms with Crippen molar-refractivity contribution < 1.29 is 14.3 Å². The van der Waals surface area contributed by atoms with Crippen LogP contribution in [0.5, 0.6) is 5.75 Å². The molecule has 0 spiro atoms. The van der Waals surface area contributed by atoms with Gasteiger partial charge in [-0.1, -0.05) is 6.07 Å². The smallest absolute Gasteiger partial charge is 0.251 e. The molecule has 2 rings (SSSR count). The molecule has 1 fully saturated rings. The van der Waals surface area contributed by atoms with E-state index in [1.807, 2.05) is 11.0 Å². The Kier molecular flexibility index (Phi) is 5.20. The fourth-order valence-corrected chi connectivity index (χ4v) is 2.56. The van der Waals surface area contributed by atoms with Crippen LogP contribution in [0.3, 0.4) is 0 Å². The molecule has 21 heavy (non-hydrogen) atoms. The van der Waals surface area contributed by atoms with E-state index >= 15 is 0 Å². The summed E-state index contributed by atoms with van der Waals surface area (Å²) in [6.45, 7) is 3.83. The van der Waals surface area contributed by atoms with E-state index in [2.05, 4.69) is 5.32 Å². The number of carbonyl (C=O) groups is 2. The van der Waals surface area contributed by atoms with E-state index in [-0.39, 0.29) is 11.8 Å². The van der Waals surface area contributed by atoms with Crippen LogP contribution in [0.2, 0.25) is 0 Å². The minimum absolute atomic E-state index is 0.0807. The molecule has 0 unspecified atom stereocenters. The second kappa shape index (κ2) is 7.11. The maximum absolute atomic E-state index is 12.1. The van der Waals surface area contributed by atoms with Crippen LogP contribution < -0.4 is 10.1 Å². The molecule has 1 saturated heterocycles. The largest absolute Gasteiger partial charge is 0.497 e. The molecule has 2 amide bonds. The Morgan fingerprint density at radius 2 is 2.05 bits per heavy atom. The Morgan fingerprint density at radius 3 is 2.67 bits per heavy atom. The Morgan fingerprint density at radius 1 is 1.33 bits per heavy atom. The third-order valence-corrected chi connectivity index (χ3v) is 3.94. The molecule has 0 radical (unpaired) electrons. The van der Waals surface area contributed by atoms with E-state index in [9.17, 15) is 9.59 Å². The van der Waals surface area contributed by atoms with Gasteiger partial charge in [-0.05, 0) is 37.0 Å². The first-order chi connectivity index (χ1) is 10.1. The molecule has 1 N–H and O–H groups in total. The van der Waals surface area contributed by atoms with Crippen LogP contribution in [0, 0.1) is 5.92 Å². The van der Waals surface area contributed by atoms with Crippen molar-refractivity contribution in [2.45, 2.75) is 19.8 Å². The number of amides is 2. The quantitative estimate of drug-likeness (QED) is 0.918. The van der Waals surface area contributed by atoms with Gasteiger partial charge in [0.2, 0.25) is 5.91 Å². The van der Waals surface area contributed by atoms with E-state index < -0.39 is 0 Å². The second-order valence-electron chi connectivity index (χ2n) is 5.39. The van der Waals surface area contributed by atoms with Crippen molar-refractivity contribution in [1.82, 2.24) is 10.2 Å². The fraction of sp³-hybridized carbons (Fsp3) is 0.500. The number of nitrogens with zero attached hydrogens (tertiary/aromatic N) is 1. The lowest BCUT2D eigenvalue weighted by Gasteiger charge is -2.31. The van der Waals surface area contributed by atoms with Gasteiger partial charge in [0.25, 0.3) is 5.91 Å². The molecule has 1 heterocycles. The number of hydrogen-bond donors (Lipinski definition) is 1. The molecule has 0 atom stereocenters. The summed E-state index contributed by atoms with van der Waals surface area (Å²) in [5.74, 6) is 1.17. The lowest BCUT2D eigenvalue weighted by Crippen LogP contribution is -2.40. The van der Waals surface area contributed by atoms with Crippen molar-refractivity contribution in [3.63, 3.8) is 0 Å². The number of piperidine rings is 1. The van der Waals surface area contributed by atoms with Crippen molar-refractivity contribution in [3.8, 4) is 5.75 Å². The standard InChI is InChI=1S/C16H22N2O3/c1-12(19)18-8-6-13(7-9-18)11-17-16(20)14-4-3-5-15(10-14)21-2/h3-5,10,13H,6-9,11H2,1-2H3,(H,17,20). The number of nitrogens with one attached hydrogen (secondary N) is 1. The average molecular weight is 290 g/mol. The van der Waals surface area contributed by atoms with Gasteiger partial charge >= 0.3 is 0 Å². The van der Waals surface area contributed by atoms with Gasteiger partial charge in [0.1, 0.15) is 5.75 Å². The van der Waals surface area contributed by atoms with E-state index in [4.69, 9.17) is 4.74 Å². The Labute approximate surface area is 125 Å². The summed E-state index contributed by atoms with van der Waals surface area (Å²) < 4.78 is 5.12. The third-order valence-electron chi connectivity index (χ3n) is 3.94. The summed E-state index contributed by atoms with van der Waals surface area (Å²) in [5, 5.41) is 2.97. The maximum atomic E-state index is 12.1. The molecule has 114 valence electrons. The molecule has 5 heteroatoms. The zero-order valence-electron chi connectivity index (χ0n) is 12.6. The van der Waals surface area contributed by atoms with Crippen molar-refractivity contribution in [2.24, 2.45) is 5.92 Å². The minimum atomic E-state index is -0.0807. The first-order valence-electron chi connectivity index (χ1n) is 7.28.